The molecule has 2 N–H and O–H groups in total. The van der Waals surface area contributed by atoms with Crippen LogP contribution in [0.25, 0.3) is 0 Å². The fraction of sp³-hybridized carbons (Fsp3) is 1.00. The molecular weight excluding hydrogens is 110 g/mol. The maximum absolute atomic E-state index is 5.76. The largest absolute Gasteiger partial charge is 0.328 e. The minimum Gasteiger partial charge on any atom is -0.328 e. The SMILES string of the molecule is CC1CCC([C@@H](C)N)C1. The Bertz CT molecular complexity index is 88.6. The first kappa shape index (κ1) is 7.07. The zero-order valence-electron chi connectivity index (χ0n) is 6.43. The minimum atomic E-state index is 0.426. The Kier molecular flexibility index (Phi) is 2.12. The average molecular weight is 127 g/mol. The standard InChI is InChI=1S/C8H17N/c1-6-3-4-8(5-6)7(2)9/h6-8H,3-5,9H2,1-2H3/t6?,7-,8?/m1/s1. The zero-order chi connectivity index (χ0) is 6.85. The van der Waals surface area contributed by atoms with Crippen LogP contribution in [0.3, 0.4) is 0 Å². The van der Waals surface area contributed by atoms with E-state index in [9.17, 15) is 0 Å². The molecule has 1 saturated carbocycles. The van der Waals surface area contributed by atoms with Crippen LogP contribution < -0.4 is 5.73 Å². The first-order valence-electron chi connectivity index (χ1n) is 3.95. The van der Waals surface area contributed by atoms with E-state index in [1.54, 1.807) is 0 Å². The second kappa shape index (κ2) is 2.70. The molecule has 0 aromatic carbocycles. The van der Waals surface area contributed by atoms with Crippen LogP contribution in [-0.4, -0.2) is 6.04 Å². The highest BCUT2D eigenvalue weighted by molar-refractivity contribution is 4.77. The fourth-order valence-electron chi connectivity index (χ4n) is 1.73. The molecule has 1 fully saturated rings. The van der Waals surface area contributed by atoms with E-state index in [1.807, 2.05) is 0 Å². The number of hydrogen-bond donors (Lipinski definition) is 1. The van der Waals surface area contributed by atoms with Gasteiger partial charge in [0.2, 0.25) is 0 Å². The fourth-order valence-corrected chi connectivity index (χ4v) is 1.73. The maximum atomic E-state index is 5.76. The third kappa shape index (κ3) is 1.68. The molecule has 1 aliphatic carbocycles. The highest BCUT2D eigenvalue weighted by atomic mass is 14.6. The molecule has 9 heavy (non-hydrogen) atoms. The van der Waals surface area contributed by atoms with Crippen LogP contribution in [0, 0.1) is 11.8 Å². The van der Waals surface area contributed by atoms with Gasteiger partial charge in [-0.1, -0.05) is 13.3 Å². The topological polar surface area (TPSA) is 26.0 Å². The van der Waals surface area contributed by atoms with Gasteiger partial charge in [0, 0.05) is 6.04 Å². The summed E-state index contributed by atoms with van der Waals surface area (Å²) in [5.74, 6) is 1.75. The molecule has 1 heteroatoms. The molecule has 2 unspecified atom stereocenters. The van der Waals surface area contributed by atoms with Crippen molar-refractivity contribution in [3.63, 3.8) is 0 Å². The molecule has 0 aromatic rings. The smallest absolute Gasteiger partial charge is 0.00388 e. The summed E-state index contributed by atoms with van der Waals surface area (Å²) < 4.78 is 0. The van der Waals surface area contributed by atoms with Crippen molar-refractivity contribution in [1.82, 2.24) is 0 Å². The van der Waals surface area contributed by atoms with E-state index in [-0.39, 0.29) is 0 Å². The quantitative estimate of drug-likeness (QED) is 0.570. The summed E-state index contributed by atoms with van der Waals surface area (Å²) in [6.45, 7) is 4.45. The molecular formula is C8H17N. The van der Waals surface area contributed by atoms with Gasteiger partial charge in [0.25, 0.3) is 0 Å². The molecule has 0 saturated heterocycles. The van der Waals surface area contributed by atoms with Crippen LogP contribution in [0.15, 0.2) is 0 Å². The second-order valence-electron chi connectivity index (χ2n) is 3.54. The van der Waals surface area contributed by atoms with E-state index in [4.69, 9.17) is 5.73 Å². The van der Waals surface area contributed by atoms with Crippen molar-refractivity contribution in [3.05, 3.63) is 0 Å². The van der Waals surface area contributed by atoms with Crippen LogP contribution in [0.4, 0.5) is 0 Å². The van der Waals surface area contributed by atoms with Gasteiger partial charge in [-0.25, -0.2) is 0 Å². The van der Waals surface area contributed by atoms with Crippen molar-refractivity contribution in [1.29, 1.82) is 0 Å². The van der Waals surface area contributed by atoms with E-state index in [0.717, 1.165) is 11.8 Å². The molecule has 0 aromatic heterocycles. The zero-order valence-corrected chi connectivity index (χ0v) is 6.43. The molecule has 1 nitrogen and oxygen atoms in total. The van der Waals surface area contributed by atoms with Gasteiger partial charge < -0.3 is 5.73 Å². The second-order valence-corrected chi connectivity index (χ2v) is 3.54. The summed E-state index contributed by atoms with van der Waals surface area (Å²) in [6, 6.07) is 0.426. The van der Waals surface area contributed by atoms with Crippen LogP contribution in [-0.2, 0) is 0 Å². The van der Waals surface area contributed by atoms with Gasteiger partial charge in [0.15, 0.2) is 0 Å². The van der Waals surface area contributed by atoms with E-state index in [2.05, 4.69) is 13.8 Å². The number of hydrogen-bond acceptors (Lipinski definition) is 1. The highest BCUT2D eigenvalue weighted by Gasteiger charge is 2.23. The molecule has 0 bridgehead atoms. The van der Waals surface area contributed by atoms with E-state index < -0.39 is 0 Å². The highest BCUT2D eigenvalue weighted by Crippen LogP contribution is 2.31. The monoisotopic (exact) mass is 127 g/mol. The van der Waals surface area contributed by atoms with Gasteiger partial charge in [0.05, 0.1) is 0 Å². The van der Waals surface area contributed by atoms with Crippen molar-refractivity contribution in [2.75, 3.05) is 0 Å². The van der Waals surface area contributed by atoms with Crippen LogP contribution in [0.1, 0.15) is 33.1 Å². The third-order valence-electron chi connectivity index (χ3n) is 2.48. The van der Waals surface area contributed by atoms with Crippen molar-refractivity contribution in [2.24, 2.45) is 17.6 Å². The van der Waals surface area contributed by atoms with Crippen LogP contribution in [0.2, 0.25) is 0 Å². The lowest BCUT2D eigenvalue weighted by molar-refractivity contribution is 0.441. The lowest BCUT2D eigenvalue weighted by Gasteiger charge is -2.12. The van der Waals surface area contributed by atoms with Crippen molar-refractivity contribution < 1.29 is 0 Å². The van der Waals surface area contributed by atoms with Crippen molar-refractivity contribution in [3.8, 4) is 0 Å². The van der Waals surface area contributed by atoms with Crippen molar-refractivity contribution >= 4 is 0 Å². The summed E-state index contributed by atoms with van der Waals surface area (Å²) in [7, 11) is 0. The summed E-state index contributed by atoms with van der Waals surface area (Å²) in [4.78, 5) is 0. The number of rotatable bonds is 1. The molecule has 0 spiro atoms. The lowest BCUT2D eigenvalue weighted by atomic mass is 9.99. The normalized spacial score (nSPS) is 39.0. The Morgan fingerprint density at radius 1 is 1.44 bits per heavy atom. The van der Waals surface area contributed by atoms with E-state index >= 15 is 0 Å². The lowest BCUT2D eigenvalue weighted by Crippen LogP contribution is -2.24. The molecule has 1 rings (SSSR count). The first-order valence-corrected chi connectivity index (χ1v) is 3.95. The van der Waals surface area contributed by atoms with Crippen LogP contribution in [0.5, 0.6) is 0 Å². The van der Waals surface area contributed by atoms with Crippen molar-refractivity contribution in [2.45, 2.75) is 39.2 Å². The molecule has 1 aliphatic rings. The summed E-state index contributed by atoms with van der Waals surface area (Å²) >= 11 is 0. The Hall–Kier alpha value is -0.0400. The Morgan fingerprint density at radius 2 is 2.11 bits per heavy atom. The molecule has 54 valence electrons. The Morgan fingerprint density at radius 3 is 2.33 bits per heavy atom. The maximum Gasteiger partial charge on any atom is 0.00388 e. The predicted molar refractivity (Wildman–Crippen MR) is 40.2 cm³/mol. The molecule has 0 heterocycles. The van der Waals surface area contributed by atoms with Crippen LogP contribution >= 0.6 is 0 Å². The molecule has 0 radical (unpaired) electrons. The van der Waals surface area contributed by atoms with Gasteiger partial charge in [-0.3, -0.25) is 0 Å². The van der Waals surface area contributed by atoms with Gasteiger partial charge >= 0.3 is 0 Å². The Labute approximate surface area is 57.6 Å². The average Bonchev–Trinajstić information content (AvgIpc) is 2.14. The van der Waals surface area contributed by atoms with Gasteiger partial charge in [0.1, 0.15) is 0 Å². The van der Waals surface area contributed by atoms with E-state index in [1.165, 1.54) is 19.3 Å². The Balaban J connectivity index is 2.30. The third-order valence-corrected chi connectivity index (χ3v) is 2.48. The number of nitrogens with two attached hydrogens (primary N) is 1. The summed E-state index contributed by atoms with van der Waals surface area (Å²) in [6.07, 6.45) is 4.11. The van der Waals surface area contributed by atoms with Gasteiger partial charge in [-0.15, -0.1) is 0 Å². The summed E-state index contributed by atoms with van der Waals surface area (Å²) in [5.41, 5.74) is 5.76. The summed E-state index contributed by atoms with van der Waals surface area (Å²) in [5, 5.41) is 0. The van der Waals surface area contributed by atoms with Gasteiger partial charge in [-0.05, 0) is 31.6 Å². The molecule has 0 amide bonds. The molecule has 0 aliphatic heterocycles. The van der Waals surface area contributed by atoms with E-state index in [0.29, 0.717) is 6.04 Å². The predicted octanol–water partition coefficient (Wildman–Crippen LogP) is 1.77. The minimum absolute atomic E-state index is 0.426. The van der Waals surface area contributed by atoms with Gasteiger partial charge in [-0.2, -0.15) is 0 Å². The molecule has 3 atom stereocenters. The first-order chi connectivity index (χ1) is 4.20.